The van der Waals surface area contributed by atoms with Gasteiger partial charge in [0.1, 0.15) is 0 Å². The first kappa shape index (κ1) is 10.8. The second-order valence-electron chi connectivity index (χ2n) is 4.45. The zero-order chi connectivity index (χ0) is 11.6. The van der Waals surface area contributed by atoms with E-state index < -0.39 is 0 Å². The van der Waals surface area contributed by atoms with E-state index in [-0.39, 0.29) is 11.5 Å². The zero-order valence-corrected chi connectivity index (χ0v) is 9.29. The van der Waals surface area contributed by atoms with Gasteiger partial charge in [0.25, 0.3) is 0 Å². The molecule has 0 atom stereocenters. The third-order valence-corrected chi connectivity index (χ3v) is 3.29. The van der Waals surface area contributed by atoms with E-state index in [2.05, 4.69) is 5.32 Å². The van der Waals surface area contributed by atoms with Crippen LogP contribution in [0.1, 0.15) is 31.2 Å². The number of guanidine groups is 1. The molecule has 2 rings (SSSR count). The fourth-order valence-electron chi connectivity index (χ4n) is 2.52. The Kier molecular flexibility index (Phi) is 2.73. The number of anilines is 1. The molecule has 0 unspecified atom stereocenters. The Morgan fingerprint density at radius 3 is 2.25 bits per heavy atom. The number of nitrogen functional groups attached to an aromatic ring is 1. The summed E-state index contributed by atoms with van der Waals surface area (Å²) in [5.41, 5.74) is 12.9. The van der Waals surface area contributed by atoms with Gasteiger partial charge in [-0.05, 0) is 30.5 Å². The van der Waals surface area contributed by atoms with E-state index in [1.165, 1.54) is 18.4 Å². The predicted molar refractivity (Wildman–Crippen MR) is 66.1 cm³/mol. The average Bonchev–Trinajstić information content (AvgIpc) is 2.67. The maximum atomic E-state index is 7.42. The number of hydrogen-bond acceptors (Lipinski definition) is 2. The first-order chi connectivity index (χ1) is 7.62. The van der Waals surface area contributed by atoms with Gasteiger partial charge in [-0.2, -0.15) is 0 Å². The van der Waals surface area contributed by atoms with Crippen molar-refractivity contribution in [2.75, 3.05) is 5.73 Å². The van der Waals surface area contributed by atoms with Crippen LogP contribution in [0.15, 0.2) is 24.3 Å². The van der Waals surface area contributed by atoms with Crippen molar-refractivity contribution in [1.29, 1.82) is 5.41 Å². The van der Waals surface area contributed by atoms with Gasteiger partial charge in [-0.25, -0.2) is 0 Å². The monoisotopic (exact) mass is 218 g/mol. The minimum atomic E-state index is -0.153. The molecule has 1 aromatic carbocycles. The summed E-state index contributed by atoms with van der Waals surface area (Å²) in [6.45, 7) is 0. The van der Waals surface area contributed by atoms with Crippen LogP contribution in [0.3, 0.4) is 0 Å². The fourth-order valence-corrected chi connectivity index (χ4v) is 2.52. The van der Waals surface area contributed by atoms with Crippen LogP contribution in [-0.2, 0) is 5.54 Å². The first-order valence-electron chi connectivity index (χ1n) is 5.61. The molecule has 0 aromatic heterocycles. The maximum Gasteiger partial charge on any atom is 0.186 e. The van der Waals surface area contributed by atoms with Crippen molar-refractivity contribution in [2.45, 2.75) is 31.2 Å². The highest BCUT2D eigenvalue weighted by Crippen LogP contribution is 2.38. The van der Waals surface area contributed by atoms with Crippen LogP contribution in [-0.4, -0.2) is 5.96 Å². The molecule has 0 amide bonds. The second-order valence-corrected chi connectivity index (χ2v) is 4.45. The van der Waals surface area contributed by atoms with Gasteiger partial charge in [-0.3, -0.25) is 5.41 Å². The summed E-state index contributed by atoms with van der Waals surface area (Å²) in [6.07, 6.45) is 4.39. The fraction of sp³-hybridized carbons (Fsp3) is 0.417. The van der Waals surface area contributed by atoms with Gasteiger partial charge in [0.05, 0.1) is 5.54 Å². The lowest BCUT2D eigenvalue weighted by molar-refractivity contribution is 0.403. The second kappa shape index (κ2) is 4.04. The summed E-state index contributed by atoms with van der Waals surface area (Å²) in [7, 11) is 0. The molecule has 1 aliphatic carbocycles. The van der Waals surface area contributed by atoms with Gasteiger partial charge < -0.3 is 16.8 Å². The molecule has 1 aliphatic rings. The lowest BCUT2D eigenvalue weighted by atomic mass is 9.88. The van der Waals surface area contributed by atoms with Crippen molar-refractivity contribution in [3.63, 3.8) is 0 Å². The van der Waals surface area contributed by atoms with Crippen molar-refractivity contribution in [2.24, 2.45) is 5.73 Å². The summed E-state index contributed by atoms with van der Waals surface area (Å²) in [5.74, 6) is 0.0405. The van der Waals surface area contributed by atoms with Crippen LogP contribution in [0.4, 0.5) is 5.69 Å². The summed E-state index contributed by atoms with van der Waals surface area (Å²) in [5, 5.41) is 10.5. The van der Waals surface area contributed by atoms with E-state index >= 15 is 0 Å². The SMILES string of the molecule is N=C(N)NC1(c2ccc(N)cc2)CCCC1. The van der Waals surface area contributed by atoms with Crippen LogP contribution in [0.5, 0.6) is 0 Å². The Labute approximate surface area is 95.5 Å². The van der Waals surface area contributed by atoms with Crippen molar-refractivity contribution >= 4 is 11.6 Å². The molecule has 86 valence electrons. The number of nitrogens with two attached hydrogens (primary N) is 2. The molecule has 0 radical (unpaired) electrons. The van der Waals surface area contributed by atoms with Gasteiger partial charge in [0.2, 0.25) is 0 Å². The quantitative estimate of drug-likeness (QED) is 0.345. The molecular formula is C12H18N4. The van der Waals surface area contributed by atoms with Crippen molar-refractivity contribution < 1.29 is 0 Å². The van der Waals surface area contributed by atoms with Crippen LogP contribution in [0, 0.1) is 5.41 Å². The lowest BCUT2D eigenvalue weighted by Gasteiger charge is -2.31. The number of hydrogen-bond donors (Lipinski definition) is 4. The van der Waals surface area contributed by atoms with E-state index in [9.17, 15) is 0 Å². The smallest absolute Gasteiger partial charge is 0.186 e. The van der Waals surface area contributed by atoms with Crippen molar-refractivity contribution in [3.05, 3.63) is 29.8 Å². The van der Waals surface area contributed by atoms with Gasteiger partial charge in [0.15, 0.2) is 5.96 Å². The summed E-state index contributed by atoms with van der Waals surface area (Å²) < 4.78 is 0. The Morgan fingerprint density at radius 1 is 1.19 bits per heavy atom. The molecule has 0 saturated heterocycles. The lowest BCUT2D eigenvalue weighted by Crippen LogP contribution is -2.46. The Balaban J connectivity index is 2.31. The van der Waals surface area contributed by atoms with Crippen LogP contribution >= 0.6 is 0 Å². The first-order valence-corrected chi connectivity index (χ1v) is 5.61. The molecule has 4 heteroatoms. The van der Waals surface area contributed by atoms with E-state index in [0.29, 0.717) is 0 Å². The zero-order valence-electron chi connectivity index (χ0n) is 9.29. The summed E-state index contributed by atoms with van der Waals surface area (Å²) >= 11 is 0. The molecule has 1 fully saturated rings. The highest BCUT2D eigenvalue weighted by atomic mass is 15.1. The third kappa shape index (κ3) is 1.96. The van der Waals surface area contributed by atoms with E-state index in [0.717, 1.165) is 18.5 Å². The number of nitrogens with one attached hydrogen (secondary N) is 2. The Bertz CT molecular complexity index is 377. The largest absolute Gasteiger partial charge is 0.399 e. The van der Waals surface area contributed by atoms with Crippen molar-refractivity contribution in [3.8, 4) is 0 Å². The summed E-state index contributed by atoms with van der Waals surface area (Å²) in [6, 6.07) is 7.85. The highest BCUT2D eigenvalue weighted by Gasteiger charge is 2.35. The normalized spacial score (nSPS) is 18.2. The molecular weight excluding hydrogens is 200 g/mol. The number of rotatable bonds is 2. The van der Waals surface area contributed by atoms with Crippen molar-refractivity contribution in [1.82, 2.24) is 5.32 Å². The Morgan fingerprint density at radius 2 is 1.75 bits per heavy atom. The molecule has 0 aliphatic heterocycles. The molecule has 16 heavy (non-hydrogen) atoms. The molecule has 1 saturated carbocycles. The minimum absolute atomic E-state index is 0.0405. The van der Waals surface area contributed by atoms with E-state index in [1.807, 2.05) is 24.3 Å². The number of benzene rings is 1. The maximum absolute atomic E-state index is 7.42. The average molecular weight is 218 g/mol. The molecule has 0 bridgehead atoms. The van der Waals surface area contributed by atoms with Gasteiger partial charge in [0, 0.05) is 5.69 Å². The van der Waals surface area contributed by atoms with Crippen LogP contribution in [0.2, 0.25) is 0 Å². The van der Waals surface area contributed by atoms with Crippen LogP contribution < -0.4 is 16.8 Å². The van der Waals surface area contributed by atoms with Crippen LogP contribution in [0.25, 0.3) is 0 Å². The molecule has 0 spiro atoms. The summed E-state index contributed by atoms with van der Waals surface area (Å²) in [4.78, 5) is 0. The minimum Gasteiger partial charge on any atom is -0.399 e. The molecule has 4 nitrogen and oxygen atoms in total. The molecule has 1 aromatic rings. The van der Waals surface area contributed by atoms with Gasteiger partial charge in [-0.15, -0.1) is 0 Å². The predicted octanol–water partition coefficient (Wildman–Crippen LogP) is 1.52. The van der Waals surface area contributed by atoms with Gasteiger partial charge in [-0.1, -0.05) is 25.0 Å². The standard InChI is InChI=1S/C12H18N4/c13-10-5-3-9(4-6-10)12(16-11(14)15)7-1-2-8-12/h3-6H,1-2,7-8,13H2,(H4,14,15,16). The molecule has 6 N–H and O–H groups in total. The Hall–Kier alpha value is -1.71. The topological polar surface area (TPSA) is 87.9 Å². The molecule has 0 heterocycles. The van der Waals surface area contributed by atoms with E-state index in [4.69, 9.17) is 16.9 Å². The highest BCUT2D eigenvalue weighted by molar-refractivity contribution is 5.75. The van der Waals surface area contributed by atoms with Gasteiger partial charge >= 0.3 is 0 Å². The van der Waals surface area contributed by atoms with E-state index in [1.54, 1.807) is 0 Å². The third-order valence-electron chi connectivity index (χ3n) is 3.29.